The van der Waals surface area contributed by atoms with Gasteiger partial charge in [0.05, 0.1) is 87.3 Å². The molecule has 0 bridgehead atoms. The standard InChI is InChI=1S/2C43H58F3N3O9S/c2*1-25-10-8-9-11-28-20-43(28,39(53)48-59(54,55)42(24-44)14-15-42)21-34(50)33-18-29(57-37-30-13-12-26(2)17-32(30)35(56-7)22-47-37)23-49(33)38(52)31(27(3)16-25)19-36(51)58-40(4,5)41(6,45)46/h2*12-13,17,22,25,27-29,31,33H,8-11,14-16,18-21,23-24H2,1-7H3,(H,48,53)/t25-,27+,28+,29+,31-,33-,43+;25-,27-,28-,29-,31+,33+,43-/m01/s1. The van der Waals surface area contributed by atoms with Gasteiger partial charge in [-0.3, -0.25) is 47.8 Å². The zero-order valence-corrected chi connectivity index (χ0v) is 71.8. The highest BCUT2D eigenvalue weighted by atomic mass is 32.2. The number of amides is 4. The number of ketones is 2. The number of nitrogens with zero attached hydrogens (tertiary/aromatic N) is 4. The lowest BCUT2D eigenvalue weighted by Crippen LogP contribution is -2.49. The first kappa shape index (κ1) is 90.9. The monoisotopic (exact) mass is 1700 g/mol. The van der Waals surface area contributed by atoms with Crippen LogP contribution in [0.3, 0.4) is 0 Å². The van der Waals surface area contributed by atoms with E-state index in [1.54, 1.807) is 0 Å². The van der Waals surface area contributed by atoms with Gasteiger partial charge in [0.1, 0.15) is 46.6 Å². The molecule has 6 heterocycles. The van der Waals surface area contributed by atoms with E-state index in [4.69, 9.17) is 28.4 Å². The second-order valence-electron chi connectivity index (χ2n) is 36.8. The Labute approximate surface area is 687 Å². The number of aryl methyl sites for hydroxylation is 2. The summed E-state index contributed by atoms with van der Waals surface area (Å²) in [6.45, 7) is 14.9. The highest BCUT2D eigenvalue weighted by Crippen LogP contribution is 2.61. The Hall–Kier alpha value is -7.90. The highest BCUT2D eigenvalue weighted by molar-refractivity contribution is 7.92. The van der Waals surface area contributed by atoms with Crippen LogP contribution in [0.1, 0.15) is 222 Å². The number of aromatic nitrogens is 2. The van der Waals surface area contributed by atoms with Crippen LogP contribution in [0.2, 0.25) is 0 Å². The predicted octanol–water partition coefficient (Wildman–Crippen LogP) is 14.1. The number of alkyl halides is 6. The van der Waals surface area contributed by atoms with E-state index in [0.29, 0.717) is 74.6 Å². The average Bonchev–Trinajstić information content (AvgIpc) is 1.56. The van der Waals surface area contributed by atoms with Crippen molar-refractivity contribution in [2.45, 2.75) is 281 Å². The lowest BCUT2D eigenvalue weighted by Gasteiger charge is -2.34. The van der Waals surface area contributed by atoms with Gasteiger partial charge < -0.3 is 38.2 Å². The molecule has 8 aliphatic rings. The van der Waals surface area contributed by atoms with Gasteiger partial charge in [0.2, 0.25) is 55.4 Å². The van der Waals surface area contributed by atoms with E-state index in [-0.39, 0.29) is 113 Å². The molecule has 4 amide bonds. The number of fused-ring (bicyclic) bond motifs is 6. The second kappa shape index (κ2) is 34.5. The number of nitrogens with one attached hydrogen (secondary N) is 2. The van der Waals surface area contributed by atoms with Crippen molar-refractivity contribution in [3.63, 3.8) is 0 Å². The third-order valence-electron chi connectivity index (χ3n) is 27.0. The number of rotatable bonds is 22. The Morgan fingerprint density at radius 1 is 0.525 bits per heavy atom. The molecule has 118 heavy (non-hydrogen) atoms. The normalized spacial score (nSPS) is 29.1. The van der Waals surface area contributed by atoms with E-state index in [2.05, 4.69) is 19.4 Å². The maximum atomic E-state index is 14.9. The molecule has 652 valence electrons. The van der Waals surface area contributed by atoms with Crippen LogP contribution in [0.25, 0.3) is 21.5 Å². The minimum atomic E-state index is -4.37. The fourth-order valence-corrected chi connectivity index (χ4v) is 20.9. The molecule has 2 N–H and O–H groups in total. The molecule has 32 heteroatoms. The van der Waals surface area contributed by atoms with Gasteiger partial charge in [-0.05, 0) is 166 Å². The summed E-state index contributed by atoms with van der Waals surface area (Å²) in [4.78, 5) is 126. The minimum absolute atomic E-state index is 0.00565. The van der Waals surface area contributed by atoms with Crippen molar-refractivity contribution in [3.8, 4) is 23.3 Å². The maximum absolute atomic E-state index is 14.9. The van der Waals surface area contributed by atoms with Crippen molar-refractivity contribution < 1.29 is 110 Å². The van der Waals surface area contributed by atoms with Crippen molar-refractivity contribution in [3.05, 3.63) is 59.9 Å². The van der Waals surface area contributed by atoms with Gasteiger partial charge in [-0.2, -0.15) is 0 Å². The molecule has 4 saturated carbocycles. The fourth-order valence-electron chi connectivity index (χ4n) is 18.0. The van der Waals surface area contributed by atoms with Crippen LogP contribution in [0.4, 0.5) is 26.3 Å². The molecule has 4 saturated heterocycles. The number of ether oxygens (including phenoxy) is 6. The Kier molecular flexibility index (Phi) is 26.6. The molecule has 4 aliphatic heterocycles. The van der Waals surface area contributed by atoms with E-state index in [9.17, 15) is 81.5 Å². The van der Waals surface area contributed by atoms with Crippen molar-refractivity contribution in [1.29, 1.82) is 0 Å². The molecular formula is C86H116F6N6O18S2. The van der Waals surface area contributed by atoms with Crippen LogP contribution in [-0.2, 0) is 67.9 Å². The Bertz CT molecular complexity index is 4430. The Morgan fingerprint density at radius 3 is 1.19 bits per heavy atom. The Morgan fingerprint density at radius 2 is 0.873 bits per heavy atom. The van der Waals surface area contributed by atoms with Crippen molar-refractivity contribution >= 4 is 88.7 Å². The summed E-state index contributed by atoms with van der Waals surface area (Å²) >= 11 is 0. The van der Waals surface area contributed by atoms with Crippen LogP contribution in [-0.4, -0.2) is 181 Å². The van der Waals surface area contributed by atoms with Gasteiger partial charge >= 0.3 is 11.9 Å². The zero-order chi connectivity index (χ0) is 86.6. The lowest BCUT2D eigenvalue weighted by molar-refractivity contribution is -0.197. The molecule has 2 aromatic heterocycles. The molecule has 4 aliphatic carbocycles. The van der Waals surface area contributed by atoms with E-state index >= 15 is 0 Å². The first-order chi connectivity index (χ1) is 55.1. The van der Waals surface area contributed by atoms with Crippen LogP contribution in [0.5, 0.6) is 23.3 Å². The van der Waals surface area contributed by atoms with Crippen molar-refractivity contribution in [2.24, 2.45) is 58.2 Å². The second-order valence-corrected chi connectivity index (χ2v) is 41.0. The van der Waals surface area contributed by atoms with E-state index in [1.165, 1.54) is 36.4 Å². The summed E-state index contributed by atoms with van der Waals surface area (Å²) in [5.41, 5.74) is -5.14. The number of esters is 2. The van der Waals surface area contributed by atoms with Gasteiger partial charge in [0, 0.05) is 61.1 Å². The maximum Gasteiger partial charge on any atom is 0.307 e. The number of benzene rings is 2. The first-order valence-electron chi connectivity index (χ1n) is 41.4. The third-order valence-corrected chi connectivity index (χ3v) is 31.2. The van der Waals surface area contributed by atoms with Gasteiger partial charge in [0.15, 0.2) is 22.8 Å². The van der Waals surface area contributed by atoms with E-state index in [0.717, 1.165) is 75.3 Å². The van der Waals surface area contributed by atoms with Gasteiger partial charge in [-0.15, -0.1) is 0 Å². The number of Topliss-reactive ketones (excluding diaryl/α,β-unsaturated/α-hetero) is 2. The quantitative estimate of drug-likeness (QED) is 0.0545. The van der Waals surface area contributed by atoms with Crippen LogP contribution in [0.15, 0.2) is 48.8 Å². The number of carbonyl (C=O) groups is 8. The minimum Gasteiger partial charge on any atom is -0.494 e. The van der Waals surface area contributed by atoms with E-state index < -0.39 is 185 Å². The van der Waals surface area contributed by atoms with Gasteiger partial charge in [0.25, 0.3) is 11.8 Å². The summed E-state index contributed by atoms with van der Waals surface area (Å²) in [6, 6.07) is 9.00. The summed E-state index contributed by atoms with van der Waals surface area (Å²) in [7, 11) is -5.68. The summed E-state index contributed by atoms with van der Waals surface area (Å²) in [5.74, 6) is -14.4. The van der Waals surface area contributed by atoms with Crippen molar-refractivity contribution in [2.75, 3.05) is 40.7 Å². The molecule has 0 radical (unpaired) electrons. The molecule has 24 nitrogen and oxygen atoms in total. The number of sulfonamides is 2. The smallest absolute Gasteiger partial charge is 0.307 e. The van der Waals surface area contributed by atoms with Gasteiger partial charge in [-0.1, -0.05) is 89.5 Å². The number of carbonyl (C=O) groups excluding carboxylic acids is 8. The third kappa shape index (κ3) is 19.2. The average molecular weight is 1700 g/mol. The molecular weight excluding hydrogens is 1580 g/mol. The van der Waals surface area contributed by atoms with Gasteiger partial charge in [-0.25, -0.2) is 53.1 Å². The SMILES string of the molecule is COc1cnc(O[C@@H]2C[C@H]3C(=O)C[C@]4(C(=O)NS(=O)(=O)C5(CF)CC5)C[C@H]4CCCC[C@@H](C)C[C@@H](C)[C@H](CC(=O)OC(C)(C)C(C)(F)F)C(=O)N3C2)c2ccc(C)cc12.COc1cnc(O[C@@H]2C[C@H]3C(=O)C[C@]4(C(=O)NS(=O)(=O)C5(CF)CC5)C[C@H]4CCCC[C@H](C)C[C@@H](C)[C@H](CC(=O)OC(C)(C)C(C)(F)F)C(=O)N3C2)c2ccc(C)cc12. The zero-order valence-electron chi connectivity index (χ0n) is 70.2. The van der Waals surface area contributed by atoms with Crippen LogP contribution in [0, 0.1) is 72.0 Å². The fraction of sp³-hybridized carbons (Fsp3) is 0.698. The summed E-state index contributed by atoms with van der Waals surface area (Å²) in [5, 5.41) is 2.75. The lowest BCUT2D eigenvalue weighted by atomic mass is 9.81. The number of hydrogen-bond acceptors (Lipinski definition) is 20. The first-order valence-corrected chi connectivity index (χ1v) is 44.4. The summed E-state index contributed by atoms with van der Waals surface area (Å²) < 4.78 is 174. The summed E-state index contributed by atoms with van der Waals surface area (Å²) in [6.07, 6.45) is 7.19. The number of hydrogen-bond donors (Lipinski definition) is 2. The van der Waals surface area contributed by atoms with Crippen molar-refractivity contribution in [1.82, 2.24) is 29.2 Å². The molecule has 12 rings (SSSR count). The topological polar surface area (TPSA) is 317 Å². The molecule has 2 aromatic carbocycles. The number of pyridine rings is 2. The van der Waals surface area contributed by atoms with Crippen LogP contribution < -0.4 is 28.4 Å². The predicted molar refractivity (Wildman–Crippen MR) is 426 cm³/mol. The highest BCUT2D eigenvalue weighted by Gasteiger charge is 2.66. The number of methoxy groups -OCH3 is 2. The molecule has 8 fully saturated rings. The van der Waals surface area contributed by atoms with Crippen LogP contribution >= 0.6 is 0 Å². The Balaban J connectivity index is 0.000000231. The molecule has 14 atom stereocenters. The largest absolute Gasteiger partial charge is 0.494 e. The molecule has 0 unspecified atom stereocenters. The molecule has 4 aromatic rings. The number of halogens is 6. The molecule has 0 spiro atoms. The van der Waals surface area contributed by atoms with E-state index in [1.807, 2.05) is 77.9 Å².